The van der Waals surface area contributed by atoms with Gasteiger partial charge in [-0.2, -0.15) is 0 Å². The first kappa shape index (κ1) is 12.3. The lowest BCUT2D eigenvalue weighted by Crippen LogP contribution is -2.07. The van der Waals surface area contributed by atoms with Crippen molar-refractivity contribution in [1.82, 2.24) is 4.57 Å². The van der Waals surface area contributed by atoms with Crippen molar-refractivity contribution in [3.8, 4) is 0 Å². The number of nitrogens with zero attached hydrogens (tertiary/aromatic N) is 1. The van der Waals surface area contributed by atoms with E-state index in [9.17, 15) is 0 Å². The van der Waals surface area contributed by atoms with E-state index in [4.69, 9.17) is 28.2 Å². The number of fused-ring (bicyclic) bond motifs is 1. The molecule has 1 aromatic heterocycles. The highest BCUT2D eigenvalue weighted by Gasteiger charge is 2.06. The largest absolute Gasteiger partial charge is 0.429 e. The van der Waals surface area contributed by atoms with Crippen molar-refractivity contribution in [2.75, 3.05) is 5.32 Å². The lowest BCUT2D eigenvalue weighted by atomic mass is 10.3. The Morgan fingerprint density at radius 2 is 1.95 bits per heavy atom. The van der Waals surface area contributed by atoms with E-state index in [0.29, 0.717) is 22.1 Å². The summed E-state index contributed by atoms with van der Waals surface area (Å²) in [6, 6.07) is 15.4. The molecule has 0 aliphatic rings. The molecule has 0 unspecified atom stereocenters. The average Bonchev–Trinajstić information content (AvgIpc) is 2.72. The van der Waals surface area contributed by atoms with Crippen LogP contribution in [0.3, 0.4) is 0 Å². The van der Waals surface area contributed by atoms with Gasteiger partial charge in [0.15, 0.2) is 5.58 Å². The van der Waals surface area contributed by atoms with Crippen LogP contribution in [-0.2, 0) is 6.67 Å². The van der Waals surface area contributed by atoms with E-state index in [2.05, 4.69) is 5.32 Å². The van der Waals surface area contributed by atoms with Gasteiger partial charge in [-0.1, -0.05) is 29.8 Å². The average molecular weight is 291 g/mol. The van der Waals surface area contributed by atoms with Crippen molar-refractivity contribution in [2.45, 2.75) is 6.67 Å². The van der Waals surface area contributed by atoms with Crippen LogP contribution in [0.4, 0.5) is 5.69 Å². The predicted octanol–water partition coefficient (Wildman–Crippen LogP) is 4.69. The molecule has 3 aromatic rings. The molecule has 0 saturated heterocycles. The third-order valence-corrected chi connectivity index (χ3v) is 3.38. The maximum Gasteiger partial charge on any atom is 0.271 e. The molecule has 0 amide bonds. The third kappa shape index (κ3) is 2.50. The van der Waals surface area contributed by atoms with E-state index >= 15 is 0 Å². The van der Waals surface area contributed by atoms with E-state index in [0.717, 1.165) is 11.2 Å². The zero-order chi connectivity index (χ0) is 13.2. The highest BCUT2D eigenvalue weighted by atomic mass is 35.5. The molecule has 1 heterocycles. The van der Waals surface area contributed by atoms with E-state index in [-0.39, 0.29) is 0 Å². The molecule has 19 heavy (non-hydrogen) atoms. The van der Waals surface area contributed by atoms with Gasteiger partial charge in [-0.05, 0) is 36.5 Å². The van der Waals surface area contributed by atoms with Crippen molar-refractivity contribution in [2.24, 2.45) is 0 Å². The molecule has 0 fully saturated rings. The van der Waals surface area contributed by atoms with Gasteiger partial charge in [0.2, 0.25) is 0 Å². The standard InChI is InChI=1S/C14H11ClN2OS/c15-10-6-7-12-13(8-10)18-14(19)17(12)9-16-11-4-2-1-3-5-11/h1-8,16H,9H2. The van der Waals surface area contributed by atoms with Crippen molar-refractivity contribution in [1.29, 1.82) is 0 Å². The monoisotopic (exact) mass is 290 g/mol. The summed E-state index contributed by atoms with van der Waals surface area (Å²) in [6.07, 6.45) is 0. The Hall–Kier alpha value is -1.78. The summed E-state index contributed by atoms with van der Waals surface area (Å²) >= 11 is 11.2. The molecule has 0 aliphatic carbocycles. The molecular formula is C14H11ClN2OS. The minimum Gasteiger partial charge on any atom is -0.429 e. The number of oxazole rings is 1. The molecule has 5 heteroatoms. The van der Waals surface area contributed by atoms with Gasteiger partial charge in [0.25, 0.3) is 4.84 Å². The van der Waals surface area contributed by atoms with Crippen LogP contribution in [0.5, 0.6) is 0 Å². The number of para-hydroxylation sites is 1. The first-order valence-corrected chi connectivity index (χ1v) is 6.60. The van der Waals surface area contributed by atoms with E-state index < -0.39 is 0 Å². The molecule has 1 N–H and O–H groups in total. The Kier molecular flexibility index (Phi) is 3.27. The first-order valence-electron chi connectivity index (χ1n) is 5.82. The van der Waals surface area contributed by atoms with E-state index in [1.165, 1.54) is 0 Å². The lowest BCUT2D eigenvalue weighted by Gasteiger charge is -2.07. The third-order valence-electron chi connectivity index (χ3n) is 2.85. The molecule has 0 radical (unpaired) electrons. The molecule has 2 aromatic carbocycles. The quantitative estimate of drug-likeness (QED) is 0.710. The Bertz CT molecular complexity index is 764. The van der Waals surface area contributed by atoms with Crippen molar-refractivity contribution < 1.29 is 4.42 Å². The molecule has 96 valence electrons. The molecule has 0 bridgehead atoms. The Labute approximate surface area is 120 Å². The van der Waals surface area contributed by atoms with Crippen LogP contribution < -0.4 is 5.32 Å². The SMILES string of the molecule is S=c1oc2cc(Cl)ccc2n1CNc1ccccc1. The predicted molar refractivity (Wildman–Crippen MR) is 80.1 cm³/mol. The minimum atomic E-state index is 0.431. The summed E-state index contributed by atoms with van der Waals surface area (Å²) in [5.41, 5.74) is 2.66. The number of aromatic nitrogens is 1. The van der Waals surface area contributed by atoms with Crippen LogP contribution in [0.15, 0.2) is 52.9 Å². The molecule has 0 spiro atoms. The van der Waals surface area contributed by atoms with Gasteiger partial charge in [-0.25, -0.2) is 0 Å². The van der Waals surface area contributed by atoms with Crippen molar-refractivity contribution in [3.05, 3.63) is 58.4 Å². The second kappa shape index (κ2) is 5.07. The summed E-state index contributed by atoms with van der Waals surface area (Å²) in [6.45, 7) is 0.553. The van der Waals surface area contributed by atoms with Crippen LogP contribution in [0.2, 0.25) is 5.02 Å². The fourth-order valence-corrected chi connectivity index (χ4v) is 2.33. The van der Waals surface area contributed by atoms with Crippen LogP contribution in [-0.4, -0.2) is 4.57 Å². The Morgan fingerprint density at radius 3 is 2.74 bits per heavy atom. The summed E-state index contributed by atoms with van der Waals surface area (Å²) in [4.78, 5) is 0.431. The van der Waals surface area contributed by atoms with Crippen LogP contribution in [0.25, 0.3) is 11.1 Å². The first-order chi connectivity index (χ1) is 9.24. The summed E-state index contributed by atoms with van der Waals surface area (Å²) in [5, 5.41) is 3.94. The van der Waals surface area contributed by atoms with E-state index in [1.54, 1.807) is 6.07 Å². The lowest BCUT2D eigenvalue weighted by molar-refractivity contribution is 0.546. The zero-order valence-corrected chi connectivity index (χ0v) is 11.5. The van der Waals surface area contributed by atoms with Gasteiger partial charge in [-0.15, -0.1) is 0 Å². The topological polar surface area (TPSA) is 30.1 Å². The molecule has 0 saturated carbocycles. The molecule has 3 nitrogen and oxygen atoms in total. The number of anilines is 1. The highest BCUT2D eigenvalue weighted by molar-refractivity contribution is 7.71. The summed E-state index contributed by atoms with van der Waals surface area (Å²) in [7, 11) is 0. The molecule has 0 aliphatic heterocycles. The Balaban J connectivity index is 1.93. The van der Waals surface area contributed by atoms with E-state index in [1.807, 2.05) is 47.0 Å². The molecule has 0 atom stereocenters. The summed E-state index contributed by atoms with van der Waals surface area (Å²) in [5.74, 6) is 0. The van der Waals surface area contributed by atoms with Gasteiger partial charge in [-0.3, -0.25) is 4.57 Å². The number of nitrogens with one attached hydrogen (secondary N) is 1. The maximum absolute atomic E-state index is 5.93. The summed E-state index contributed by atoms with van der Waals surface area (Å²) < 4.78 is 7.42. The van der Waals surface area contributed by atoms with Crippen LogP contribution in [0, 0.1) is 4.84 Å². The minimum absolute atomic E-state index is 0.431. The number of rotatable bonds is 3. The van der Waals surface area contributed by atoms with Crippen LogP contribution in [0.1, 0.15) is 0 Å². The van der Waals surface area contributed by atoms with Gasteiger partial charge in [0.1, 0.15) is 0 Å². The van der Waals surface area contributed by atoms with Crippen LogP contribution >= 0.6 is 23.8 Å². The van der Waals surface area contributed by atoms with Crippen molar-refractivity contribution in [3.63, 3.8) is 0 Å². The van der Waals surface area contributed by atoms with Gasteiger partial charge in [0.05, 0.1) is 12.2 Å². The number of benzene rings is 2. The fourth-order valence-electron chi connectivity index (χ4n) is 1.92. The van der Waals surface area contributed by atoms with Gasteiger partial charge < -0.3 is 9.73 Å². The van der Waals surface area contributed by atoms with Crippen molar-refractivity contribution >= 4 is 40.6 Å². The number of hydrogen-bond donors (Lipinski definition) is 1. The zero-order valence-electron chi connectivity index (χ0n) is 9.97. The van der Waals surface area contributed by atoms with Gasteiger partial charge >= 0.3 is 0 Å². The second-order valence-corrected chi connectivity index (χ2v) is 4.89. The number of hydrogen-bond acceptors (Lipinski definition) is 3. The smallest absolute Gasteiger partial charge is 0.271 e. The number of halogens is 1. The molecule has 3 rings (SSSR count). The maximum atomic E-state index is 5.93. The Morgan fingerprint density at radius 1 is 1.16 bits per heavy atom. The van der Waals surface area contributed by atoms with Gasteiger partial charge in [0, 0.05) is 16.8 Å². The second-order valence-electron chi connectivity index (χ2n) is 4.11. The normalized spacial score (nSPS) is 10.8. The fraction of sp³-hybridized carbons (Fsp3) is 0.0714. The highest BCUT2D eigenvalue weighted by Crippen LogP contribution is 2.21. The molecular weight excluding hydrogens is 280 g/mol.